The molecule has 4 rings (SSSR count). The average molecular weight is 373 g/mol. The summed E-state index contributed by atoms with van der Waals surface area (Å²) in [6.07, 6.45) is 5.74. The van der Waals surface area contributed by atoms with E-state index in [4.69, 9.17) is 4.74 Å². The molecule has 0 aliphatic heterocycles. The Morgan fingerprint density at radius 2 is 1.75 bits per heavy atom. The largest absolute Gasteiger partial charge is 0.484 e. The van der Waals surface area contributed by atoms with Gasteiger partial charge in [-0.3, -0.25) is 4.79 Å². The normalized spacial score (nSPS) is 14.3. The van der Waals surface area contributed by atoms with E-state index in [-0.39, 0.29) is 18.6 Å². The van der Waals surface area contributed by atoms with Crippen LogP contribution in [0.25, 0.3) is 10.8 Å². The van der Waals surface area contributed by atoms with Crippen molar-refractivity contribution in [3.8, 4) is 5.75 Å². The fourth-order valence-electron chi connectivity index (χ4n) is 4.03. The maximum absolute atomic E-state index is 12.5. The van der Waals surface area contributed by atoms with Crippen LogP contribution in [0.5, 0.6) is 5.75 Å². The molecule has 3 aromatic carbocycles. The zero-order valence-electron chi connectivity index (χ0n) is 16.4. The van der Waals surface area contributed by atoms with E-state index in [9.17, 15) is 4.79 Å². The van der Waals surface area contributed by atoms with Gasteiger partial charge in [0.05, 0.1) is 6.04 Å². The van der Waals surface area contributed by atoms with Gasteiger partial charge in [-0.15, -0.1) is 0 Å². The maximum atomic E-state index is 12.5. The Morgan fingerprint density at radius 1 is 0.964 bits per heavy atom. The number of rotatable bonds is 6. The number of aryl methyl sites for hydroxylation is 2. The van der Waals surface area contributed by atoms with Crippen molar-refractivity contribution in [2.45, 2.75) is 45.1 Å². The molecule has 0 saturated carbocycles. The van der Waals surface area contributed by atoms with Crippen LogP contribution in [0.15, 0.2) is 60.7 Å². The van der Waals surface area contributed by atoms with Crippen LogP contribution >= 0.6 is 0 Å². The molecule has 3 heteroatoms. The van der Waals surface area contributed by atoms with Crippen molar-refractivity contribution in [2.75, 3.05) is 6.61 Å². The second kappa shape index (κ2) is 8.47. The number of hydrogen-bond acceptors (Lipinski definition) is 2. The summed E-state index contributed by atoms with van der Waals surface area (Å²) in [5.74, 6) is 0.633. The summed E-state index contributed by atoms with van der Waals surface area (Å²) >= 11 is 0. The highest BCUT2D eigenvalue weighted by Gasteiger charge is 2.16. The number of fused-ring (bicyclic) bond motifs is 2. The number of carbonyl (C=O) groups excluding carboxylic acids is 1. The Hall–Kier alpha value is -2.81. The molecule has 144 valence electrons. The zero-order valence-corrected chi connectivity index (χ0v) is 16.4. The Labute approximate surface area is 166 Å². The van der Waals surface area contributed by atoms with Crippen molar-refractivity contribution in [1.29, 1.82) is 0 Å². The van der Waals surface area contributed by atoms with Gasteiger partial charge in [0.15, 0.2) is 6.61 Å². The van der Waals surface area contributed by atoms with E-state index < -0.39 is 0 Å². The van der Waals surface area contributed by atoms with Gasteiger partial charge < -0.3 is 10.1 Å². The van der Waals surface area contributed by atoms with Gasteiger partial charge in [0, 0.05) is 0 Å². The standard InChI is InChI=1S/C25H27NO2/c1-2-24(22-12-11-18-7-3-5-9-20(18)15-22)26-25(27)17-28-23-14-13-19-8-4-6-10-21(19)16-23/h4,6,8,10-16,24H,2-3,5,7,9,17H2,1H3,(H,26,27)/t24-/m1/s1. The zero-order chi connectivity index (χ0) is 19.3. The molecule has 0 saturated heterocycles. The summed E-state index contributed by atoms with van der Waals surface area (Å²) in [6, 6.07) is 20.8. The molecule has 28 heavy (non-hydrogen) atoms. The average Bonchev–Trinajstić information content (AvgIpc) is 2.75. The van der Waals surface area contributed by atoms with Crippen molar-refractivity contribution < 1.29 is 9.53 Å². The highest BCUT2D eigenvalue weighted by molar-refractivity contribution is 5.84. The van der Waals surface area contributed by atoms with E-state index in [0.29, 0.717) is 0 Å². The predicted molar refractivity (Wildman–Crippen MR) is 114 cm³/mol. The summed E-state index contributed by atoms with van der Waals surface area (Å²) in [5.41, 5.74) is 4.11. The summed E-state index contributed by atoms with van der Waals surface area (Å²) in [5, 5.41) is 5.41. The Kier molecular flexibility index (Phi) is 5.61. The molecule has 1 N–H and O–H groups in total. The van der Waals surface area contributed by atoms with Crippen LogP contribution in [-0.2, 0) is 17.6 Å². The van der Waals surface area contributed by atoms with Crippen LogP contribution in [0.3, 0.4) is 0 Å². The number of hydrogen-bond donors (Lipinski definition) is 1. The van der Waals surface area contributed by atoms with Gasteiger partial charge in [0.25, 0.3) is 5.91 Å². The lowest BCUT2D eigenvalue weighted by molar-refractivity contribution is -0.123. The second-order valence-electron chi connectivity index (χ2n) is 7.56. The summed E-state index contributed by atoms with van der Waals surface area (Å²) < 4.78 is 5.74. The molecular formula is C25H27NO2. The van der Waals surface area contributed by atoms with Gasteiger partial charge >= 0.3 is 0 Å². The SMILES string of the molecule is CC[C@@H](NC(=O)COc1ccc2ccccc2c1)c1ccc2c(c1)CCCC2. The van der Waals surface area contributed by atoms with Gasteiger partial charge in [-0.25, -0.2) is 0 Å². The van der Waals surface area contributed by atoms with Crippen LogP contribution in [0.2, 0.25) is 0 Å². The minimum atomic E-state index is -0.0854. The third-order valence-electron chi connectivity index (χ3n) is 5.61. The maximum Gasteiger partial charge on any atom is 0.258 e. The number of nitrogens with one attached hydrogen (secondary N) is 1. The molecule has 0 heterocycles. The van der Waals surface area contributed by atoms with Crippen molar-refractivity contribution in [3.05, 3.63) is 77.4 Å². The van der Waals surface area contributed by atoms with Gasteiger partial charge in [0.1, 0.15) is 5.75 Å². The topological polar surface area (TPSA) is 38.3 Å². The quantitative estimate of drug-likeness (QED) is 0.631. The molecule has 0 aromatic heterocycles. The molecule has 1 amide bonds. The molecular weight excluding hydrogens is 346 g/mol. The molecule has 3 nitrogen and oxygen atoms in total. The van der Waals surface area contributed by atoms with Gasteiger partial charge in [0.2, 0.25) is 0 Å². The first-order valence-corrected chi connectivity index (χ1v) is 10.3. The molecule has 1 atom stereocenters. The molecule has 0 unspecified atom stereocenters. The third kappa shape index (κ3) is 4.19. The van der Waals surface area contributed by atoms with E-state index in [1.165, 1.54) is 36.0 Å². The Bertz CT molecular complexity index is 979. The van der Waals surface area contributed by atoms with Crippen molar-refractivity contribution >= 4 is 16.7 Å². The van der Waals surface area contributed by atoms with E-state index in [1.54, 1.807) is 0 Å². The highest BCUT2D eigenvalue weighted by atomic mass is 16.5. The van der Waals surface area contributed by atoms with Crippen LogP contribution in [0.1, 0.15) is 48.9 Å². The highest BCUT2D eigenvalue weighted by Crippen LogP contribution is 2.26. The summed E-state index contributed by atoms with van der Waals surface area (Å²) in [6.45, 7) is 2.13. The van der Waals surface area contributed by atoms with Crippen molar-refractivity contribution in [2.24, 2.45) is 0 Å². The lowest BCUT2D eigenvalue weighted by atomic mass is 9.89. The Balaban J connectivity index is 1.38. The fourth-order valence-corrected chi connectivity index (χ4v) is 4.03. The lowest BCUT2D eigenvalue weighted by Crippen LogP contribution is -2.32. The van der Waals surface area contributed by atoms with Gasteiger partial charge in [-0.1, -0.05) is 55.5 Å². The smallest absolute Gasteiger partial charge is 0.258 e. The summed E-state index contributed by atoms with van der Waals surface area (Å²) in [7, 11) is 0. The predicted octanol–water partition coefficient (Wildman–Crippen LogP) is 5.36. The molecule has 0 radical (unpaired) electrons. The van der Waals surface area contributed by atoms with E-state index in [2.05, 4.69) is 36.5 Å². The molecule has 3 aromatic rings. The minimum Gasteiger partial charge on any atom is -0.484 e. The van der Waals surface area contributed by atoms with E-state index >= 15 is 0 Å². The van der Waals surface area contributed by atoms with Crippen LogP contribution < -0.4 is 10.1 Å². The fraction of sp³-hybridized carbons (Fsp3) is 0.320. The number of carbonyl (C=O) groups is 1. The number of ether oxygens (including phenoxy) is 1. The van der Waals surface area contributed by atoms with Crippen LogP contribution in [0, 0.1) is 0 Å². The van der Waals surface area contributed by atoms with Gasteiger partial charge in [-0.2, -0.15) is 0 Å². The minimum absolute atomic E-state index is 0.0276. The molecule has 0 bridgehead atoms. The molecule has 1 aliphatic carbocycles. The molecule has 0 fully saturated rings. The van der Waals surface area contributed by atoms with E-state index in [1.807, 2.05) is 36.4 Å². The summed E-state index contributed by atoms with van der Waals surface area (Å²) in [4.78, 5) is 12.5. The first-order chi connectivity index (χ1) is 13.7. The van der Waals surface area contributed by atoms with E-state index in [0.717, 1.165) is 29.4 Å². The monoisotopic (exact) mass is 373 g/mol. The molecule has 0 spiro atoms. The van der Waals surface area contributed by atoms with Gasteiger partial charge in [-0.05, 0) is 71.7 Å². The molecule has 1 aliphatic rings. The van der Waals surface area contributed by atoms with Crippen molar-refractivity contribution in [1.82, 2.24) is 5.32 Å². The lowest BCUT2D eigenvalue weighted by Gasteiger charge is -2.22. The van der Waals surface area contributed by atoms with Crippen molar-refractivity contribution in [3.63, 3.8) is 0 Å². The third-order valence-corrected chi connectivity index (χ3v) is 5.61. The van der Waals surface area contributed by atoms with Crippen LogP contribution in [0.4, 0.5) is 0 Å². The van der Waals surface area contributed by atoms with Crippen LogP contribution in [-0.4, -0.2) is 12.5 Å². The number of amides is 1. The first-order valence-electron chi connectivity index (χ1n) is 10.3. The Morgan fingerprint density at radius 3 is 2.57 bits per heavy atom. The first kappa shape index (κ1) is 18.5. The number of benzene rings is 3. The second-order valence-corrected chi connectivity index (χ2v) is 7.56.